The summed E-state index contributed by atoms with van der Waals surface area (Å²) in [6, 6.07) is 4.32. The predicted octanol–water partition coefficient (Wildman–Crippen LogP) is -0.0246. The number of anilines is 1. The number of nitrogens with zero attached hydrogens (tertiary/aromatic N) is 1. The van der Waals surface area contributed by atoms with Gasteiger partial charge in [-0.3, -0.25) is 4.79 Å². The number of hydrogen-bond acceptors (Lipinski definition) is 4. The van der Waals surface area contributed by atoms with E-state index in [1.165, 1.54) is 17.0 Å². The highest BCUT2D eigenvalue weighted by Crippen LogP contribution is 2.23. The second kappa shape index (κ2) is 6.48. The molecule has 0 aliphatic heterocycles. The van der Waals surface area contributed by atoms with Crippen LogP contribution in [0.3, 0.4) is 0 Å². The monoisotopic (exact) mass is 266 g/mol. The molecule has 7 heteroatoms. The maximum atomic E-state index is 11.7. The van der Waals surface area contributed by atoms with Crippen LogP contribution in [0, 0.1) is 0 Å². The van der Waals surface area contributed by atoms with Gasteiger partial charge in [0.1, 0.15) is 0 Å². The number of carbonyl (C=O) groups excluding carboxylic acids is 2. The number of phenols is 1. The summed E-state index contributed by atoms with van der Waals surface area (Å²) in [6.07, 6.45) is 0. The number of nitrogen functional groups attached to an aromatic ring is 1. The summed E-state index contributed by atoms with van der Waals surface area (Å²) >= 11 is 0. The second-order valence-corrected chi connectivity index (χ2v) is 4.13. The van der Waals surface area contributed by atoms with Crippen LogP contribution in [0.5, 0.6) is 5.75 Å². The van der Waals surface area contributed by atoms with Crippen LogP contribution in [0.25, 0.3) is 0 Å². The summed E-state index contributed by atoms with van der Waals surface area (Å²) in [5.74, 6) is -0.679. The maximum Gasteiger partial charge on any atom is 0.316 e. The highest BCUT2D eigenvalue weighted by molar-refractivity contribution is 5.98. The van der Waals surface area contributed by atoms with Crippen LogP contribution in [0.2, 0.25) is 0 Å². The first kappa shape index (κ1) is 14.6. The van der Waals surface area contributed by atoms with Crippen LogP contribution >= 0.6 is 0 Å². The largest absolute Gasteiger partial charge is 0.505 e. The number of para-hydroxylation sites is 1. The summed E-state index contributed by atoms with van der Waals surface area (Å²) in [4.78, 5) is 24.3. The zero-order valence-electron chi connectivity index (χ0n) is 10.9. The molecule has 0 aromatic heterocycles. The summed E-state index contributed by atoms with van der Waals surface area (Å²) in [5.41, 5.74) is 5.75. The van der Waals surface area contributed by atoms with E-state index in [4.69, 9.17) is 5.73 Å². The quantitative estimate of drug-likeness (QED) is 0.349. The van der Waals surface area contributed by atoms with Gasteiger partial charge in [-0.2, -0.15) is 0 Å². The molecule has 0 radical (unpaired) electrons. The highest BCUT2D eigenvalue weighted by Gasteiger charge is 2.12. The molecule has 7 nitrogen and oxygen atoms in total. The molecule has 0 bridgehead atoms. The van der Waals surface area contributed by atoms with Gasteiger partial charge in [0.05, 0.1) is 11.3 Å². The fourth-order valence-electron chi connectivity index (χ4n) is 1.34. The van der Waals surface area contributed by atoms with Crippen LogP contribution in [0.4, 0.5) is 10.5 Å². The van der Waals surface area contributed by atoms with Crippen molar-refractivity contribution in [2.45, 2.75) is 0 Å². The van der Waals surface area contributed by atoms with Crippen molar-refractivity contribution in [3.8, 4) is 5.75 Å². The van der Waals surface area contributed by atoms with Gasteiger partial charge in [0.25, 0.3) is 5.91 Å². The fraction of sp³-hybridized carbons (Fsp3) is 0.333. The van der Waals surface area contributed by atoms with Crippen molar-refractivity contribution in [3.63, 3.8) is 0 Å². The number of hydrogen-bond donors (Lipinski definition) is 4. The first-order chi connectivity index (χ1) is 8.93. The summed E-state index contributed by atoms with van der Waals surface area (Å²) in [5, 5.41) is 14.8. The number of nitrogens with one attached hydrogen (secondary N) is 2. The molecule has 0 fully saturated rings. The normalized spacial score (nSPS) is 9.79. The van der Waals surface area contributed by atoms with Crippen molar-refractivity contribution >= 4 is 17.6 Å². The lowest BCUT2D eigenvalue weighted by Gasteiger charge is -2.12. The average molecular weight is 266 g/mol. The molecule has 1 aromatic carbocycles. The number of urea groups is 1. The van der Waals surface area contributed by atoms with E-state index in [1.807, 2.05) is 0 Å². The van der Waals surface area contributed by atoms with Gasteiger partial charge in [-0.05, 0) is 12.1 Å². The molecule has 5 N–H and O–H groups in total. The van der Waals surface area contributed by atoms with Crippen LogP contribution in [-0.4, -0.2) is 49.1 Å². The van der Waals surface area contributed by atoms with Crippen LogP contribution in [-0.2, 0) is 0 Å². The SMILES string of the molecule is CN(C)C(=O)NCCNC(=O)c1cccc(N)c1O. The molecule has 104 valence electrons. The first-order valence-corrected chi connectivity index (χ1v) is 5.74. The van der Waals surface area contributed by atoms with E-state index < -0.39 is 5.91 Å². The Bertz CT molecular complexity index is 474. The minimum absolute atomic E-state index is 0.110. The number of nitrogens with two attached hydrogens (primary N) is 1. The van der Waals surface area contributed by atoms with E-state index in [0.717, 1.165) is 0 Å². The number of rotatable bonds is 4. The molecular weight excluding hydrogens is 248 g/mol. The van der Waals surface area contributed by atoms with E-state index in [-0.39, 0.29) is 29.6 Å². The van der Waals surface area contributed by atoms with E-state index >= 15 is 0 Å². The van der Waals surface area contributed by atoms with Crippen molar-refractivity contribution in [1.29, 1.82) is 0 Å². The predicted molar refractivity (Wildman–Crippen MR) is 71.9 cm³/mol. The van der Waals surface area contributed by atoms with Gasteiger partial charge >= 0.3 is 6.03 Å². The maximum absolute atomic E-state index is 11.7. The van der Waals surface area contributed by atoms with Gasteiger partial charge in [-0.25, -0.2) is 4.79 Å². The summed E-state index contributed by atoms with van der Waals surface area (Å²) < 4.78 is 0. The lowest BCUT2D eigenvalue weighted by atomic mass is 10.1. The van der Waals surface area contributed by atoms with Crippen molar-refractivity contribution < 1.29 is 14.7 Å². The molecule has 1 aromatic rings. The van der Waals surface area contributed by atoms with Crippen molar-refractivity contribution in [1.82, 2.24) is 15.5 Å². The van der Waals surface area contributed by atoms with Crippen LogP contribution in [0.15, 0.2) is 18.2 Å². The van der Waals surface area contributed by atoms with Crippen LogP contribution in [0.1, 0.15) is 10.4 Å². The molecule has 0 spiro atoms. The Balaban J connectivity index is 2.44. The molecule has 0 unspecified atom stereocenters. The number of carbonyl (C=O) groups is 2. The first-order valence-electron chi connectivity index (χ1n) is 5.74. The van der Waals surface area contributed by atoms with Gasteiger partial charge < -0.3 is 26.4 Å². The zero-order valence-corrected chi connectivity index (χ0v) is 10.9. The van der Waals surface area contributed by atoms with E-state index in [2.05, 4.69) is 10.6 Å². The van der Waals surface area contributed by atoms with Gasteiger partial charge in [-0.1, -0.05) is 6.07 Å². The van der Waals surface area contributed by atoms with Crippen molar-refractivity contribution in [2.75, 3.05) is 32.9 Å². The lowest BCUT2D eigenvalue weighted by Crippen LogP contribution is -2.39. The molecular formula is C12H18N4O3. The molecule has 1 rings (SSSR count). The Morgan fingerprint density at radius 3 is 2.53 bits per heavy atom. The third kappa shape index (κ3) is 4.06. The molecule has 3 amide bonds. The number of aromatic hydroxyl groups is 1. The second-order valence-electron chi connectivity index (χ2n) is 4.13. The number of amides is 3. The van der Waals surface area contributed by atoms with Crippen molar-refractivity contribution in [3.05, 3.63) is 23.8 Å². The van der Waals surface area contributed by atoms with E-state index in [1.54, 1.807) is 20.2 Å². The molecule has 0 aliphatic rings. The summed E-state index contributed by atoms with van der Waals surface area (Å²) in [7, 11) is 3.25. The lowest BCUT2D eigenvalue weighted by molar-refractivity contribution is 0.0951. The minimum atomic E-state index is -0.441. The van der Waals surface area contributed by atoms with Gasteiger partial charge in [0, 0.05) is 27.2 Å². The van der Waals surface area contributed by atoms with Crippen LogP contribution < -0.4 is 16.4 Å². The number of benzene rings is 1. The smallest absolute Gasteiger partial charge is 0.316 e. The van der Waals surface area contributed by atoms with Crippen molar-refractivity contribution in [2.24, 2.45) is 0 Å². The highest BCUT2D eigenvalue weighted by atomic mass is 16.3. The van der Waals surface area contributed by atoms with E-state index in [0.29, 0.717) is 6.54 Å². The van der Waals surface area contributed by atoms with E-state index in [9.17, 15) is 14.7 Å². The Morgan fingerprint density at radius 1 is 1.26 bits per heavy atom. The number of phenolic OH excluding ortho intramolecular Hbond substituents is 1. The Labute approximate surface area is 111 Å². The van der Waals surface area contributed by atoms with Gasteiger partial charge in [0.2, 0.25) is 0 Å². The molecule has 0 heterocycles. The molecule has 0 atom stereocenters. The molecule has 0 aliphatic carbocycles. The minimum Gasteiger partial charge on any atom is -0.505 e. The summed E-state index contributed by atoms with van der Waals surface area (Å²) in [6.45, 7) is 0.554. The third-order valence-electron chi connectivity index (χ3n) is 2.40. The topological polar surface area (TPSA) is 108 Å². The Kier molecular flexibility index (Phi) is 4.99. The molecule has 0 saturated heterocycles. The Hall–Kier alpha value is -2.44. The van der Waals surface area contributed by atoms with Gasteiger partial charge in [0.15, 0.2) is 5.75 Å². The molecule has 19 heavy (non-hydrogen) atoms. The third-order valence-corrected chi connectivity index (χ3v) is 2.40. The zero-order chi connectivity index (χ0) is 14.4. The Morgan fingerprint density at radius 2 is 1.89 bits per heavy atom. The fourth-order valence-corrected chi connectivity index (χ4v) is 1.34. The average Bonchev–Trinajstić information content (AvgIpc) is 2.37. The standard InChI is InChI=1S/C12H18N4O3/c1-16(2)12(19)15-7-6-14-11(18)8-4-3-5-9(13)10(8)17/h3-5,17H,6-7,13H2,1-2H3,(H,14,18)(H,15,19). The molecule has 0 saturated carbocycles. The van der Waals surface area contributed by atoms with Gasteiger partial charge in [-0.15, -0.1) is 0 Å².